The number of nitrogens with one attached hydrogen (secondary N) is 1. The summed E-state index contributed by atoms with van der Waals surface area (Å²) in [7, 11) is 0. The number of phenolic OH excluding ortho intramolecular Hbond substituents is 1. The Hall–Kier alpha value is -4.90. The van der Waals surface area contributed by atoms with Crippen LogP contribution in [-0.2, 0) is 12.8 Å². The monoisotopic (exact) mass is 553 g/mol. The predicted molar refractivity (Wildman–Crippen MR) is 154 cm³/mol. The number of hydrogen-bond donors (Lipinski definition) is 2. The Kier molecular flexibility index (Phi) is 6.35. The van der Waals surface area contributed by atoms with Crippen LogP contribution < -0.4 is 11.0 Å². The summed E-state index contributed by atoms with van der Waals surface area (Å²) < 4.78 is 1.57. The van der Waals surface area contributed by atoms with Gasteiger partial charge in [-0.3, -0.25) is 24.3 Å². The van der Waals surface area contributed by atoms with Crippen molar-refractivity contribution in [2.45, 2.75) is 32.6 Å². The molecule has 0 unspecified atom stereocenters. The van der Waals surface area contributed by atoms with Crippen LogP contribution in [-0.4, -0.2) is 31.7 Å². The van der Waals surface area contributed by atoms with Gasteiger partial charge in [-0.2, -0.15) is 5.10 Å². The van der Waals surface area contributed by atoms with Crippen molar-refractivity contribution in [3.8, 4) is 11.4 Å². The standard InChI is InChI=1S/C29H23N5O5S/c1-16-31-28-25(21-8-4-5-9-24(21)40-28)29(37)33(16)19-12-10-17(11-13-19)27(36)32-30-15-22-20-7-3-2-6-18(20)14-23(26(22)35)34(38)39/h2-3,6-7,10-15,35H,4-5,8-9H2,1H3,(H,32,36)/b30-15-. The van der Waals surface area contributed by atoms with Crippen molar-refractivity contribution in [2.75, 3.05) is 0 Å². The lowest BCUT2D eigenvalue weighted by atomic mass is 9.97. The zero-order valence-electron chi connectivity index (χ0n) is 21.4. The number of aromatic nitrogens is 2. The summed E-state index contributed by atoms with van der Waals surface area (Å²) in [6.45, 7) is 1.79. The van der Waals surface area contributed by atoms with Crippen LogP contribution in [0.4, 0.5) is 5.69 Å². The summed E-state index contributed by atoms with van der Waals surface area (Å²) in [5, 5.41) is 27.6. The number of thiophene rings is 1. The smallest absolute Gasteiger partial charge is 0.312 e. The molecule has 0 saturated carbocycles. The minimum Gasteiger partial charge on any atom is -0.502 e. The fourth-order valence-electron chi connectivity index (χ4n) is 5.21. The molecule has 10 nitrogen and oxygen atoms in total. The maximum atomic E-state index is 13.5. The molecule has 2 heterocycles. The van der Waals surface area contributed by atoms with Crippen LogP contribution in [0.5, 0.6) is 5.75 Å². The van der Waals surface area contributed by atoms with Gasteiger partial charge in [-0.1, -0.05) is 24.3 Å². The van der Waals surface area contributed by atoms with E-state index >= 15 is 0 Å². The summed E-state index contributed by atoms with van der Waals surface area (Å²) in [5.74, 6) is -0.493. The molecule has 200 valence electrons. The van der Waals surface area contributed by atoms with Gasteiger partial charge in [-0.05, 0) is 73.2 Å². The lowest BCUT2D eigenvalue weighted by Gasteiger charge is -2.12. The molecule has 0 radical (unpaired) electrons. The number of nitro groups is 1. The van der Waals surface area contributed by atoms with Gasteiger partial charge < -0.3 is 5.11 Å². The Balaban J connectivity index is 1.27. The van der Waals surface area contributed by atoms with Crippen LogP contribution in [0.15, 0.2) is 64.5 Å². The zero-order valence-corrected chi connectivity index (χ0v) is 22.2. The number of nitro benzene ring substituents is 1. The molecule has 2 N–H and O–H groups in total. The second kappa shape index (κ2) is 10.0. The lowest BCUT2D eigenvalue weighted by molar-refractivity contribution is -0.385. The third-order valence-electron chi connectivity index (χ3n) is 7.14. The van der Waals surface area contributed by atoms with Crippen molar-refractivity contribution in [2.24, 2.45) is 5.10 Å². The fourth-order valence-corrected chi connectivity index (χ4v) is 6.51. The molecular weight excluding hydrogens is 530 g/mol. The highest BCUT2D eigenvalue weighted by Gasteiger charge is 2.22. The fraction of sp³-hybridized carbons (Fsp3) is 0.172. The van der Waals surface area contributed by atoms with Gasteiger partial charge in [0.05, 0.1) is 27.8 Å². The number of benzene rings is 3. The molecule has 40 heavy (non-hydrogen) atoms. The Morgan fingerprint density at radius 1 is 1.18 bits per heavy atom. The van der Waals surface area contributed by atoms with Crippen molar-refractivity contribution in [3.63, 3.8) is 0 Å². The van der Waals surface area contributed by atoms with Crippen molar-refractivity contribution in [1.29, 1.82) is 0 Å². The summed E-state index contributed by atoms with van der Waals surface area (Å²) >= 11 is 1.61. The third kappa shape index (κ3) is 4.30. The Morgan fingerprint density at radius 3 is 2.70 bits per heavy atom. The molecule has 0 aliphatic heterocycles. The van der Waals surface area contributed by atoms with Gasteiger partial charge in [0.1, 0.15) is 10.7 Å². The van der Waals surface area contributed by atoms with E-state index in [2.05, 4.69) is 10.5 Å². The zero-order chi connectivity index (χ0) is 28.0. The quantitative estimate of drug-likeness (QED) is 0.175. The molecule has 0 fully saturated rings. The van der Waals surface area contributed by atoms with Crippen LogP contribution in [0.25, 0.3) is 26.7 Å². The van der Waals surface area contributed by atoms with E-state index in [4.69, 9.17) is 4.98 Å². The van der Waals surface area contributed by atoms with E-state index in [0.717, 1.165) is 36.1 Å². The SMILES string of the molecule is Cc1nc2sc3c(c2c(=O)n1-c1ccc(C(=O)N/N=C\c2c(O)c([N+](=O)[O-])cc4ccccc24)cc1)CCCC3. The van der Waals surface area contributed by atoms with Crippen molar-refractivity contribution >= 4 is 50.1 Å². The molecule has 1 aliphatic carbocycles. The molecule has 11 heteroatoms. The topological polar surface area (TPSA) is 140 Å². The summed E-state index contributed by atoms with van der Waals surface area (Å²) in [6, 6.07) is 14.7. The van der Waals surface area contributed by atoms with Crippen LogP contribution in [0.2, 0.25) is 0 Å². The highest BCUT2D eigenvalue weighted by Crippen LogP contribution is 2.36. The number of carbonyl (C=O) groups is 1. The first-order chi connectivity index (χ1) is 19.3. The van der Waals surface area contributed by atoms with Crippen LogP contribution in [0.1, 0.15) is 45.0 Å². The van der Waals surface area contributed by atoms with E-state index in [-0.39, 0.29) is 11.1 Å². The van der Waals surface area contributed by atoms with Crippen LogP contribution >= 0.6 is 11.3 Å². The molecule has 0 bridgehead atoms. The highest BCUT2D eigenvalue weighted by molar-refractivity contribution is 7.18. The number of nitrogens with zero attached hydrogens (tertiary/aromatic N) is 4. The molecule has 1 aliphatic rings. The average Bonchev–Trinajstić information content (AvgIpc) is 3.32. The summed E-state index contributed by atoms with van der Waals surface area (Å²) in [4.78, 5) is 43.7. The minimum absolute atomic E-state index is 0.104. The first-order valence-electron chi connectivity index (χ1n) is 12.7. The summed E-state index contributed by atoms with van der Waals surface area (Å²) in [6.07, 6.45) is 5.25. The second-order valence-corrected chi connectivity index (χ2v) is 10.7. The van der Waals surface area contributed by atoms with E-state index in [9.17, 15) is 24.8 Å². The van der Waals surface area contributed by atoms with E-state index < -0.39 is 22.3 Å². The molecular formula is C29H23N5O5S. The van der Waals surface area contributed by atoms with Crippen LogP contribution in [0, 0.1) is 17.0 Å². The maximum absolute atomic E-state index is 13.5. The molecule has 3 aromatic carbocycles. The third-order valence-corrected chi connectivity index (χ3v) is 8.33. The average molecular weight is 554 g/mol. The van der Waals surface area contributed by atoms with Crippen LogP contribution in [0.3, 0.4) is 0 Å². The van der Waals surface area contributed by atoms with Crippen molar-refractivity contribution < 1.29 is 14.8 Å². The number of phenols is 1. The van der Waals surface area contributed by atoms with Crippen molar-refractivity contribution in [1.82, 2.24) is 15.0 Å². The normalized spacial score (nSPS) is 13.1. The number of hydrogen-bond acceptors (Lipinski definition) is 8. The Morgan fingerprint density at radius 2 is 1.93 bits per heavy atom. The second-order valence-electron chi connectivity index (χ2n) is 9.57. The molecule has 1 amide bonds. The summed E-state index contributed by atoms with van der Waals surface area (Å²) in [5.41, 5.74) is 3.97. The molecule has 0 atom stereocenters. The first-order valence-corrected chi connectivity index (χ1v) is 13.5. The first kappa shape index (κ1) is 25.4. The minimum atomic E-state index is -0.674. The molecule has 5 aromatic rings. The highest BCUT2D eigenvalue weighted by atomic mass is 32.1. The number of rotatable bonds is 5. The molecule has 0 spiro atoms. The largest absolute Gasteiger partial charge is 0.502 e. The van der Waals surface area contributed by atoms with E-state index in [0.29, 0.717) is 33.2 Å². The number of aryl methyl sites for hydroxylation is 3. The maximum Gasteiger partial charge on any atom is 0.312 e. The van der Waals surface area contributed by atoms with E-state index in [1.54, 1.807) is 71.4 Å². The number of amides is 1. The van der Waals surface area contributed by atoms with Gasteiger partial charge in [0.25, 0.3) is 11.5 Å². The number of hydrazone groups is 1. The van der Waals surface area contributed by atoms with Gasteiger partial charge >= 0.3 is 5.69 Å². The predicted octanol–water partition coefficient (Wildman–Crippen LogP) is 5.17. The number of carbonyl (C=O) groups excluding carboxylic acids is 1. The van der Waals surface area contributed by atoms with Gasteiger partial charge in [0.15, 0.2) is 0 Å². The van der Waals surface area contributed by atoms with E-state index in [1.807, 2.05) is 0 Å². The van der Waals surface area contributed by atoms with E-state index in [1.165, 1.54) is 17.2 Å². The Bertz CT molecular complexity index is 1920. The molecule has 2 aromatic heterocycles. The van der Waals surface area contributed by atoms with Gasteiger partial charge in [-0.15, -0.1) is 11.3 Å². The number of aromatic hydroxyl groups is 1. The molecule has 0 saturated heterocycles. The van der Waals surface area contributed by atoms with Gasteiger partial charge in [-0.25, -0.2) is 10.4 Å². The molecule has 6 rings (SSSR count). The van der Waals surface area contributed by atoms with Crippen molar-refractivity contribution in [3.05, 3.63) is 102 Å². The Labute approximate surface area is 231 Å². The van der Waals surface area contributed by atoms with Gasteiger partial charge in [0, 0.05) is 16.5 Å². The lowest BCUT2D eigenvalue weighted by Crippen LogP contribution is -2.23. The van der Waals surface area contributed by atoms with Gasteiger partial charge in [0.2, 0.25) is 5.75 Å². The number of fused-ring (bicyclic) bond motifs is 4.